The van der Waals surface area contributed by atoms with Gasteiger partial charge in [0.25, 0.3) is 0 Å². The van der Waals surface area contributed by atoms with Gasteiger partial charge in [-0.05, 0) is 44.1 Å². The Bertz CT molecular complexity index is 601. The summed E-state index contributed by atoms with van der Waals surface area (Å²) in [5, 5.41) is 6.78. The Morgan fingerprint density at radius 1 is 1.13 bits per heavy atom. The molecule has 1 saturated heterocycles. The second-order valence-corrected chi connectivity index (χ2v) is 8.64. The smallest absolute Gasteiger partial charge is 0.190 e. The lowest BCUT2D eigenvalue weighted by atomic mass is 10.0. The summed E-state index contributed by atoms with van der Waals surface area (Å²) in [5.74, 6) is 1.38. The monoisotopic (exact) mass is 432 g/mol. The molecule has 0 saturated carbocycles. The predicted octanol–water partition coefficient (Wildman–Crippen LogP) is 3.67. The highest BCUT2D eigenvalue weighted by molar-refractivity contribution is 5.79. The topological polar surface area (TPSA) is 58.1 Å². The number of benzene rings is 1. The Balaban J connectivity index is 1.51. The first-order chi connectivity index (χ1) is 15.1. The van der Waals surface area contributed by atoms with E-state index in [0.29, 0.717) is 18.1 Å². The highest BCUT2D eigenvalue weighted by Gasteiger charge is 2.19. The van der Waals surface area contributed by atoms with Crippen LogP contribution in [0, 0.1) is 5.92 Å². The second-order valence-electron chi connectivity index (χ2n) is 8.64. The minimum atomic E-state index is 0.295. The Morgan fingerprint density at radius 3 is 2.48 bits per heavy atom. The van der Waals surface area contributed by atoms with Crippen molar-refractivity contribution in [1.29, 1.82) is 0 Å². The maximum absolute atomic E-state index is 6.12. The van der Waals surface area contributed by atoms with Gasteiger partial charge in [0.15, 0.2) is 5.96 Å². The van der Waals surface area contributed by atoms with Gasteiger partial charge >= 0.3 is 0 Å². The van der Waals surface area contributed by atoms with E-state index >= 15 is 0 Å². The lowest BCUT2D eigenvalue weighted by Gasteiger charge is -2.32. The number of likely N-dealkylation sites (tertiary alicyclic amines) is 1. The van der Waals surface area contributed by atoms with Crippen LogP contribution in [-0.4, -0.2) is 69.5 Å². The summed E-state index contributed by atoms with van der Waals surface area (Å²) < 4.78 is 11.9. The first-order valence-corrected chi connectivity index (χ1v) is 12.1. The molecule has 0 aliphatic carbocycles. The molecule has 6 heteroatoms. The van der Waals surface area contributed by atoms with E-state index in [2.05, 4.69) is 71.6 Å². The number of hydrogen-bond acceptors (Lipinski definition) is 4. The Hall–Kier alpha value is -1.63. The Kier molecular flexibility index (Phi) is 12.6. The zero-order valence-corrected chi connectivity index (χ0v) is 20.1. The third kappa shape index (κ3) is 10.5. The van der Waals surface area contributed by atoms with Crippen LogP contribution in [-0.2, 0) is 16.0 Å². The molecular weight excluding hydrogens is 388 g/mol. The molecule has 6 nitrogen and oxygen atoms in total. The number of guanidine groups is 1. The van der Waals surface area contributed by atoms with Crippen molar-refractivity contribution in [3.63, 3.8) is 0 Å². The molecule has 1 aliphatic rings. The molecule has 0 amide bonds. The van der Waals surface area contributed by atoms with Crippen LogP contribution < -0.4 is 10.6 Å². The molecule has 0 spiro atoms. The van der Waals surface area contributed by atoms with Crippen molar-refractivity contribution in [1.82, 2.24) is 15.5 Å². The number of piperidine rings is 1. The van der Waals surface area contributed by atoms with Crippen LogP contribution in [0.4, 0.5) is 0 Å². The lowest BCUT2D eigenvalue weighted by Crippen LogP contribution is -2.40. The minimum absolute atomic E-state index is 0.295. The van der Waals surface area contributed by atoms with Crippen molar-refractivity contribution < 1.29 is 9.47 Å². The van der Waals surface area contributed by atoms with Crippen molar-refractivity contribution in [3.8, 4) is 0 Å². The highest BCUT2D eigenvalue weighted by atomic mass is 16.5. The lowest BCUT2D eigenvalue weighted by molar-refractivity contribution is 0.00534. The minimum Gasteiger partial charge on any atom is -0.378 e. The maximum atomic E-state index is 6.12. The van der Waals surface area contributed by atoms with Crippen LogP contribution in [0.15, 0.2) is 35.3 Å². The summed E-state index contributed by atoms with van der Waals surface area (Å²) in [7, 11) is 1.82. The fraction of sp³-hybridized carbons (Fsp3) is 0.720. The number of nitrogens with zero attached hydrogens (tertiary/aromatic N) is 2. The van der Waals surface area contributed by atoms with E-state index in [4.69, 9.17) is 9.47 Å². The fourth-order valence-corrected chi connectivity index (χ4v) is 3.98. The van der Waals surface area contributed by atoms with Gasteiger partial charge in [0, 0.05) is 53.0 Å². The quantitative estimate of drug-likeness (QED) is 0.283. The standard InChI is InChI=1S/C25H44N4O2/c1-5-30-24(21(2)3)12-16-28-25(26-4)27-15-9-19-31-23-13-17-29(18-14-23)20-22-10-7-6-8-11-22/h6-8,10-11,21,23-24H,5,9,12-20H2,1-4H3,(H2,26,27,28). The first kappa shape index (κ1) is 25.6. The summed E-state index contributed by atoms with van der Waals surface area (Å²) in [6.45, 7) is 13.1. The molecule has 176 valence electrons. The van der Waals surface area contributed by atoms with Crippen molar-refractivity contribution in [2.75, 3.05) is 46.4 Å². The molecule has 2 rings (SSSR count). The molecule has 0 aromatic heterocycles. The van der Waals surface area contributed by atoms with Crippen LogP contribution in [0.2, 0.25) is 0 Å². The highest BCUT2D eigenvalue weighted by Crippen LogP contribution is 2.16. The number of ether oxygens (including phenoxy) is 2. The van der Waals surface area contributed by atoms with E-state index in [1.54, 1.807) is 0 Å². The molecule has 0 radical (unpaired) electrons. The van der Waals surface area contributed by atoms with Crippen LogP contribution in [0.25, 0.3) is 0 Å². The summed E-state index contributed by atoms with van der Waals surface area (Å²) >= 11 is 0. The van der Waals surface area contributed by atoms with Crippen molar-refractivity contribution in [2.45, 2.75) is 65.2 Å². The summed E-state index contributed by atoms with van der Waals surface area (Å²) in [6.07, 6.45) is 4.91. The molecule has 0 bridgehead atoms. The van der Waals surface area contributed by atoms with Gasteiger partial charge in [-0.25, -0.2) is 0 Å². The summed E-state index contributed by atoms with van der Waals surface area (Å²) in [6, 6.07) is 10.7. The molecule has 1 aliphatic heterocycles. The fourth-order valence-electron chi connectivity index (χ4n) is 3.98. The average molecular weight is 433 g/mol. The predicted molar refractivity (Wildman–Crippen MR) is 130 cm³/mol. The zero-order chi connectivity index (χ0) is 22.3. The second kappa shape index (κ2) is 15.2. The first-order valence-electron chi connectivity index (χ1n) is 12.1. The van der Waals surface area contributed by atoms with Crippen molar-refractivity contribution >= 4 is 5.96 Å². The maximum Gasteiger partial charge on any atom is 0.190 e. The normalized spacial score (nSPS) is 17.1. The van der Waals surface area contributed by atoms with Gasteiger partial charge in [0.05, 0.1) is 12.2 Å². The van der Waals surface area contributed by atoms with Gasteiger partial charge in [-0.3, -0.25) is 9.89 Å². The summed E-state index contributed by atoms with van der Waals surface area (Å²) in [5.41, 5.74) is 1.40. The van der Waals surface area contributed by atoms with E-state index in [-0.39, 0.29) is 0 Å². The Labute approximate surface area is 189 Å². The molecule has 1 unspecified atom stereocenters. The molecule has 2 N–H and O–H groups in total. The van der Waals surface area contributed by atoms with Gasteiger partial charge in [-0.15, -0.1) is 0 Å². The molecule has 1 atom stereocenters. The number of nitrogens with one attached hydrogen (secondary N) is 2. The molecule has 1 aromatic rings. The van der Waals surface area contributed by atoms with Gasteiger partial charge in [0.2, 0.25) is 0 Å². The van der Waals surface area contributed by atoms with E-state index in [1.165, 1.54) is 5.56 Å². The average Bonchev–Trinajstić information content (AvgIpc) is 2.78. The van der Waals surface area contributed by atoms with Crippen LogP contribution >= 0.6 is 0 Å². The molecule has 31 heavy (non-hydrogen) atoms. The largest absolute Gasteiger partial charge is 0.378 e. The van der Waals surface area contributed by atoms with Gasteiger partial charge in [0.1, 0.15) is 0 Å². The van der Waals surface area contributed by atoms with E-state index in [0.717, 1.165) is 77.6 Å². The summed E-state index contributed by atoms with van der Waals surface area (Å²) in [4.78, 5) is 6.84. The van der Waals surface area contributed by atoms with Crippen molar-refractivity contribution in [3.05, 3.63) is 35.9 Å². The molecule has 1 fully saturated rings. The molecular formula is C25H44N4O2. The van der Waals surface area contributed by atoms with Crippen LogP contribution in [0.1, 0.15) is 52.0 Å². The van der Waals surface area contributed by atoms with Gasteiger partial charge in [-0.1, -0.05) is 44.2 Å². The number of rotatable bonds is 13. The SMILES string of the molecule is CCOC(CCNC(=NC)NCCCOC1CCN(Cc2ccccc2)CC1)C(C)C. The van der Waals surface area contributed by atoms with E-state index < -0.39 is 0 Å². The zero-order valence-electron chi connectivity index (χ0n) is 20.1. The molecule has 1 aromatic carbocycles. The van der Waals surface area contributed by atoms with E-state index in [9.17, 15) is 0 Å². The third-order valence-corrected chi connectivity index (χ3v) is 5.82. The van der Waals surface area contributed by atoms with Gasteiger partial charge in [-0.2, -0.15) is 0 Å². The third-order valence-electron chi connectivity index (χ3n) is 5.82. The number of aliphatic imine (C=N–C) groups is 1. The van der Waals surface area contributed by atoms with E-state index in [1.807, 2.05) is 7.05 Å². The van der Waals surface area contributed by atoms with Crippen LogP contribution in [0.5, 0.6) is 0 Å². The molecule has 1 heterocycles. The van der Waals surface area contributed by atoms with Crippen LogP contribution in [0.3, 0.4) is 0 Å². The van der Waals surface area contributed by atoms with Gasteiger partial charge < -0.3 is 20.1 Å². The number of hydrogen-bond donors (Lipinski definition) is 2. The Morgan fingerprint density at radius 2 is 1.84 bits per heavy atom. The van der Waals surface area contributed by atoms with Crippen molar-refractivity contribution in [2.24, 2.45) is 10.9 Å².